The van der Waals surface area contributed by atoms with Crippen molar-refractivity contribution in [3.8, 4) is 0 Å². The predicted molar refractivity (Wildman–Crippen MR) is 501 cm³/mol. The second-order valence-electron chi connectivity index (χ2n) is 34.0. The average molecular weight is 2150 g/mol. The Hall–Kier alpha value is -6.90. The third-order valence-corrected chi connectivity index (χ3v) is 35.0. The molecule has 12 aromatic heterocycles. The third-order valence-electron chi connectivity index (χ3n) is 25.6. The van der Waals surface area contributed by atoms with E-state index in [1.165, 1.54) is 51.7 Å². The van der Waals surface area contributed by atoms with E-state index < -0.39 is 222 Å². The topological polar surface area (TPSA) is 739 Å². The number of nitrogen functional groups attached to an aromatic ring is 3. The third kappa shape index (κ3) is 19.6. The van der Waals surface area contributed by atoms with Crippen molar-refractivity contribution >= 4 is 196 Å². The van der Waals surface area contributed by atoms with Crippen LogP contribution in [0.2, 0.25) is 0 Å². The number of H-pyrrole nitrogens is 3. The van der Waals surface area contributed by atoms with Gasteiger partial charge < -0.3 is 165 Å². The molecule has 138 heavy (non-hydrogen) atoms. The first-order valence-corrected chi connectivity index (χ1v) is 58.0. The second kappa shape index (κ2) is 38.9. The molecule has 3 saturated carbocycles. The Morgan fingerprint density at radius 3 is 0.949 bits per heavy atom. The molecule has 6 aliphatic heterocycles. The Morgan fingerprint density at radius 1 is 0.391 bits per heavy atom. The average Bonchev–Trinajstić information content (AvgIpc) is 1.60. The van der Waals surface area contributed by atoms with E-state index >= 15 is 0 Å². The van der Waals surface area contributed by atoms with Gasteiger partial charge >= 0.3 is 40.4 Å². The lowest BCUT2D eigenvalue weighted by atomic mass is 9.99. The first-order chi connectivity index (χ1) is 65.6. The highest BCUT2D eigenvalue weighted by atomic mass is 32.7. The van der Waals surface area contributed by atoms with Crippen molar-refractivity contribution < 1.29 is 128 Å². The Kier molecular flexibility index (Phi) is 28.1. The summed E-state index contributed by atoms with van der Waals surface area (Å²) < 4.78 is 112. The second-order valence-corrected chi connectivity index (χ2v) is 50.8. The summed E-state index contributed by atoms with van der Waals surface area (Å²) in [5, 5.41) is 67.4. The number of hydrogen-bond donors (Lipinski definition) is 18. The van der Waals surface area contributed by atoms with E-state index in [-0.39, 0.29) is 110 Å². The first kappa shape index (κ1) is 99.8. The number of fused-ring (bicyclic) bond motifs is 15. The van der Waals surface area contributed by atoms with Gasteiger partial charge in [0.2, 0.25) is 0 Å². The smallest absolute Gasteiger partial charge is 0.386 e. The molecule has 18 heterocycles. The Labute approximate surface area is 806 Å². The van der Waals surface area contributed by atoms with E-state index in [1.807, 2.05) is 0 Å². The van der Waals surface area contributed by atoms with E-state index in [1.54, 1.807) is 71.3 Å². The van der Waals surface area contributed by atoms with Gasteiger partial charge in [-0.15, -0.1) is 0 Å². The molecule has 6 bridgehead atoms. The Balaban J connectivity index is 0.000000132. The largest absolute Gasteiger partial charge is 0.396 e. The van der Waals surface area contributed by atoms with Crippen LogP contribution in [0.4, 0.5) is 17.5 Å². The number of thiol groups is 1. The number of nitrogens with zero attached hydrogens (tertiary/aromatic N) is 18. The van der Waals surface area contributed by atoms with Crippen molar-refractivity contribution in [1.29, 1.82) is 0 Å². The molecule has 6 saturated heterocycles. The van der Waals surface area contributed by atoms with Gasteiger partial charge in [0.25, 0.3) is 16.7 Å². The van der Waals surface area contributed by atoms with Crippen LogP contribution in [0.1, 0.15) is 73.5 Å². The van der Waals surface area contributed by atoms with E-state index in [0.29, 0.717) is 50.6 Å². The number of nitrogens with one attached hydrogen (secondary N) is 3. The van der Waals surface area contributed by atoms with Gasteiger partial charge in [-0.3, -0.25) is 32.6 Å². The molecular formula is C72H90N24O30P6S6. The maximum absolute atomic E-state index is 13.8. The minimum Gasteiger partial charge on any atom is -0.396 e. The number of aliphatic hydroxyl groups is 6. The fourth-order valence-corrected chi connectivity index (χ4v) is 28.1. The van der Waals surface area contributed by atoms with Crippen molar-refractivity contribution in [2.45, 2.75) is 150 Å². The molecule has 9 aliphatic rings. The number of aryl methyl sites for hydroxylation is 3. The summed E-state index contributed by atoms with van der Waals surface area (Å²) in [6.07, 6.45) is -3.00. The van der Waals surface area contributed by atoms with Crippen LogP contribution >= 0.6 is 52.6 Å². The van der Waals surface area contributed by atoms with E-state index in [4.69, 9.17) is 145 Å². The maximum atomic E-state index is 13.8. The van der Waals surface area contributed by atoms with Crippen LogP contribution in [-0.2, 0) is 132 Å². The molecule has 0 aromatic carbocycles. The lowest BCUT2D eigenvalue weighted by molar-refractivity contribution is -0.0534. The Morgan fingerprint density at radius 2 is 0.659 bits per heavy atom. The SMILES string of the molecule is Cc1nc2c(ncn2[C@@H]2O[C@@H]3COP(O)(=S)O[C@@H]4[C@@H](COP(=O)(S)O[C@@H]2[C@@H]3CO)C[C@@H](n2ccc3c(N)ncnc32)[C@@H]4O)c(=O)[nH]1.Cc1nc2c(ncn2[C@@H]2O[C@@H]3COP(O)(=S)O[C@@H]4[C@@H](COP(O)(=S)O[C@@H]2[C@@H]3CO)C[C@@H](n2ccc3c(N)ncnc32)[C@@H]4O)c(=O)[nH]1.Cc1nc2c(ncn2[C@@H]2O[C@@H]3COP(O)(=S)O[C@@H]4[C@@H](COP(O)(=S)O[C@@H]2[C@@H]3CO)C[C@@H](n2ccc3c(N)ncnc32)[C@@H]4O)c(=O)[nH]1. The number of nitrogens with two attached hydrogens (primary N) is 3. The van der Waals surface area contributed by atoms with Gasteiger partial charge in [0.1, 0.15) is 126 Å². The zero-order valence-electron chi connectivity index (χ0n) is 71.9. The van der Waals surface area contributed by atoms with Gasteiger partial charge in [0.15, 0.2) is 52.2 Å². The molecule has 66 heteroatoms. The fraction of sp³-hybridized carbons (Fsp3) is 0.542. The fourth-order valence-electron chi connectivity index (χ4n) is 19.2. The van der Waals surface area contributed by atoms with Gasteiger partial charge in [-0.25, -0.2) is 64.4 Å². The van der Waals surface area contributed by atoms with Crippen molar-refractivity contribution in [2.75, 3.05) is 76.7 Å². The summed E-state index contributed by atoms with van der Waals surface area (Å²) in [6.45, 7) is -23.2. The molecule has 20 N–H and O–H groups in total. The zero-order chi connectivity index (χ0) is 97.6. The highest BCUT2D eigenvalue weighted by Gasteiger charge is 2.58. The number of aliphatic hydroxyl groups excluding tert-OH is 6. The minimum atomic E-state index is -4.21. The summed E-state index contributed by atoms with van der Waals surface area (Å²) in [4.78, 5) is 152. The van der Waals surface area contributed by atoms with E-state index in [2.05, 4.69) is 87.0 Å². The molecule has 12 aromatic rings. The van der Waals surface area contributed by atoms with Crippen LogP contribution in [0.5, 0.6) is 0 Å². The van der Waals surface area contributed by atoms with Crippen molar-refractivity contribution in [3.63, 3.8) is 0 Å². The van der Waals surface area contributed by atoms with Crippen LogP contribution in [0.15, 0.2) is 89.1 Å². The van der Waals surface area contributed by atoms with Crippen LogP contribution in [0.3, 0.4) is 0 Å². The molecule has 30 atom stereocenters. The minimum absolute atomic E-state index is 0.0252. The normalized spacial score (nSPS) is 37.2. The van der Waals surface area contributed by atoms with Gasteiger partial charge in [0, 0.05) is 54.1 Å². The molecule has 0 amide bonds. The van der Waals surface area contributed by atoms with Crippen molar-refractivity contribution in [3.05, 3.63) is 123 Å². The first-order valence-electron chi connectivity index (χ1n) is 42.4. The zero-order valence-corrected chi connectivity index (χ0v) is 82.2. The number of aromatic nitrogens is 21. The van der Waals surface area contributed by atoms with Crippen LogP contribution in [-0.4, -0.2) is 290 Å². The van der Waals surface area contributed by atoms with Crippen molar-refractivity contribution in [1.82, 2.24) is 102 Å². The lowest BCUT2D eigenvalue weighted by Crippen LogP contribution is -2.33. The lowest BCUT2D eigenvalue weighted by Gasteiger charge is -2.29. The molecule has 3 aliphatic carbocycles. The summed E-state index contributed by atoms with van der Waals surface area (Å²) in [7, 11) is 0. The molecule has 21 rings (SSSR count). The monoisotopic (exact) mass is 2150 g/mol. The van der Waals surface area contributed by atoms with Crippen molar-refractivity contribution in [2.24, 2.45) is 35.5 Å². The van der Waals surface area contributed by atoms with Crippen LogP contribution < -0.4 is 33.9 Å². The molecule has 0 radical (unpaired) electrons. The molecular weight excluding hydrogens is 2060 g/mol. The van der Waals surface area contributed by atoms with Crippen LogP contribution in [0, 0.1) is 56.3 Å². The summed E-state index contributed by atoms with van der Waals surface area (Å²) >= 11 is 31.1. The highest BCUT2D eigenvalue weighted by molar-refractivity contribution is 8.44. The number of rotatable bonds is 9. The molecule has 744 valence electrons. The number of ether oxygens (including phenoxy) is 3. The maximum Gasteiger partial charge on any atom is 0.386 e. The predicted octanol–water partition coefficient (Wildman–Crippen LogP) is 1.22. The van der Waals surface area contributed by atoms with Gasteiger partial charge in [0.05, 0.1) is 131 Å². The number of imidazole rings is 3. The Bertz CT molecular complexity index is 6530. The molecule has 0 spiro atoms. The summed E-state index contributed by atoms with van der Waals surface area (Å²) in [6, 6.07) is 3.29. The van der Waals surface area contributed by atoms with E-state index in [9.17, 15) is 74.1 Å². The van der Waals surface area contributed by atoms with Crippen LogP contribution in [0.25, 0.3) is 66.6 Å². The van der Waals surface area contributed by atoms with Gasteiger partial charge in [-0.1, -0.05) is 12.2 Å². The molecule has 6 unspecified atom stereocenters. The summed E-state index contributed by atoms with van der Waals surface area (Å²) in [5.74, 6) is -2.84. The van der Waals surface area contributed by atoms with Gasteiger partial charge in [-0.05, 0) is 117 Å². The van der Waals surface area contributed by atoms with Gasteiger partial charge in [-0.2, -0.15) is 0 Å². The number of anilines is 3. The molecule has 9 fully saturated rings. The standard InChI is InChI=1S/3C24H30N8O10P2S2/c3*1-10-29-22-16(23(35)30-10)28-9-32(22)24-19-13(5-33)15(40-24)7-39-44(37,46)41-18-11(6-38-43(36,45)42-19)4-14(17(18)34)31-3-2-12-20(25)26-8-27-21(12)31/h3*2-3,8-9,11,13-15,17-19,24,33-34H,4-7H2,1H3,(H,36,45)(H,37,46)(H2,25,26,27)(H,29,30,35)/t3*11-,13-,14-,15-,17+,18-,19-,24-,43?,44?/m111/s1. The number of aromatic amines is 3. The quantitative estimate of drug-likeness (QED) is 0.0713. The summed E-state index contributed by atoms with van der Waals surface area (Å²) in [5.41, 5.74) is 18.6. The van der Waals surface area contributed by atoms with E-state index in [0.717, 1.165) is 0 Å². The highest BCUT2D eigenvalue weighted by Crippen LogP contribution is 2.63. The number of hydrogen-bond acceptors (Lipinski definition) is 45. The molecule has 54 nitrogen and oxygen atoms in total.